The van der Waals surface area contributed by atoms with Crippen molar-refractivity contribution in [3.8, 4) is 0 Å². The number of rotatable bonds is 2. The van der Waals surface area contributed by atoms with Crippen LogP contribution in [0.5, 0.6) is 0 Å². The van der Waals surface area contributed by atoms with Crippen LogP contribution in [0.15, 0.2) is 11.3 Å². The molecule has 0 spiro atoms. The number of amides is 1. The smallest absolute Gasteiger partial charge is 0.261 e. The molecule has 0 aliphatic carbocycles. The normalized spacial score (nSPS) is 27.2. The summed E-state index contributed by atoms with van der Waals surface area (Å²) in [6.07, 6.45) is 0.825. The Morgan fingerprint density at radius 1 is 1.53 bits per heavy atom. The van der Waals surface area contributed by atoms with Gasteiger partial charge in [-0.15, -0.1) is 0 Å². The van der Waals surface area contributed by atoms with Crippen molar-refractivity contribution in [1.29, 1.82) is 0 Å². The molecular weight excluding hydrogens is 194 g/mol. The Bertz CT molecular complexity index is 329. The molecule has 0 bridgehead atoms. The lowest BCUT2D eigenvalue weighted by Crippen LogP contribution is -2.36. The van der Waals surface area contributed by atoms with Gasteiger partial charge in [-0.2, -0.15) is 0 Å². The van der Waals surface area contributed by atoms with Crippen LogP contribution in [0.4, 0.5) is 0 Å². The highest BCUT2D eigenvalue weighted by Gasteiger charge is 2.44. The number of aliphatic hydroxyl groups is 1. The number of likely N-dealkylation sites (tertiary alicyclic amines) is 1. The summed E-state index contributed by atoms with van der Waals surface area (Å²) in [5, 5.41) is 9.29. The number of carbonyl (C=O) groups excluding carboxylic acids is 2. The number of hydrogen-bond donors (Lipinski definition) is 1. The zero-order chi connectivity index (χ0) is 11.7. The molecule has 0 aromatic heterocycles. The van der Waals surface area contributed by atoms with Gasteiger partial charge in [-0.3, -0.25) is 9.59 Å². The van der Waals surface area contributed by atoms with Crippen LogP contribution in [0.25, 0.3) is 0 Å². The van der Waals surface area contributed by atoms with Gasteiger partial charge in [0.15, 0.2) is 5.78 Å². The summed E-state index contributed by atoms with van der Waals surface area (Å²) in [5.41, 5.74) is -0.0530. The third-order valence-corrected chi connectivity index (χ3v) is 3.01. The minimum absolute atomic E-state index is 0.0530. The Kier molecular flexibility index (Phi) is 3.17. The highest BCUT2D eigenvalue weighted by atomic mass is 16.3. The minimum atomic E-state index is -0.417. The minimum Gasteiger partial charge on any atom is -0.512 e. The fourth-order valence-corrected chi connectivity index (χ4v) is 1.93. The lowest BCUT2D eigenvalue weighted by Gasteiger charge is -2.22. The Hall–Kier alpha value is -1.32. The van der Waals surface area contributed by atoms with Gasteiger partial charge < -0.3 is 10.0 Å². The second-order valence-corrected chi connectivity index (χ2v) is 4.07. The molecule has 2 atom stereocenters. The van der Waals surface area contributed by atoms with Crippen molar-refractivity contribution in [2.45, 2.75) is 33.2 Å². The maximum absolute atomic E-state index is 11.9. The summed E-state index contributed by atoms with van der Waals surface area (Å²) in [4.78, 5) is 25.0. The average molecular weight is 211 g/mol. The molecule has 4 heteroatoms. The van der Waals surface area contributed by atoms with Crippen LogP contribution < -0.4 is 0 Å². The van der Waals surface area contributed by atoms with Gasteiger partial charge in [-0.1, -0.05) is 20.3 Å². The van der Waals surface area contributed by atoms with Crippen molar-refractivity contribution >= 4 is 11.7 Å². The predicted octanol–water partition coefficient (Wildman–Crippen LogP) is 1.27. The van der Waals surface area contributed by atoms with E-state index < -0.39 is 6.04 Å². The summed E-state index contributed by atoms with van der Waals surface area (Å²) in [6, 6.07) is -0.417. The zero-order valence-electron chi connectivity index (χ0n) is 9.57. The standard InChI is InChI=1S/C11H17NO3/c1-5-6(2)9-10(14)8(7(3)13)11(15)12(9)4/h6,9,13H,5H2,1-4H3/b8-7+/t6-,9-/m0/s1. The topological polar surface area (TPSA) is 57.6 Å². The van der Waals surface area contributed by atoms with E-state index in [9.17, 15) is 14.7 Å². The average Bonchev–Trinajstić information content (AvgIpc) is 2.37. The molecule has 1 amide bonds. The third-order valence-electron chi connectivity index (χ3n) is 3.01. The van der Waals surface area contributed by atoms with Crippen LogP contribution in [-0.4, -0.2) is 34.8 Å². The van der Waals surface area contributed by atoms with Crippen molar-refractivity contribution in [2.75, 3.05) is 7.05 Å². The molecule has 1 N–H and O–H groups in total. The van der Waals surface area contributed by atoms with Gasteiger partial charge in [0.2, 0.25) is 0 Å². The molecule has 0 radical (unpaired) electrons. The number of carbonyl (C=O) groups is 2. The number of aliphatic hydroxyl groups excluding tert-OH is 1. The lowest BCUT2D eigenvalue weighted by molar-refractivity contribution is -0.126. The van der Waals surface area contributed by atoms with Crippen molar-refractivity contribution < 1.29 is 14.7 Å². The van der Waals surface area contributed by atoms with E-state index in [1.807, 2.05) is 13.8 Å². The van der Waals surface area contributed by atoms with Crippen molar-refractivity contribution in [3.63, 3.8) is 0 Å². The highest BCUT2D eigenvalue weighted by Crippen LogP contribution is 2.27. The van der Waals surface area contributed by atoms with Crippen LogP contribution in [0.1, 0.15) is 27.2 Å². The first-order valence-corrected chi connectivity index (χ1v) is 5.13. The maximum atomic E-state index is 11.9. The molecule has 0 aromatic carbocycles. The second-order valence-electron chi connectivity index (χ2n) is 4.07. The van der Waals surface area contributed by atoms with Crippen molar-refractivity contribution in [2.24, 2.45) is 5.92 Å². The molecule has 1 aliphatic heterocycles. The van der Waals surface area contributed by atoms with Crippen LogP contribution in [0, 0.1) is 5.92 Å². The Balaban J connectivity index is 3.12. The van der Waals surface area contributed by atoms with Gasteiger partial charge >= 0.3 is 0 Å². The molecule has 15 heavy (non-hydrogen) atoms. The molecule has 1 saturated heterocycles. The van der Waals surface area contributed by atoms with Crippen molar-refractivity contribution in [3.05, 3.63) is 11.3 Å². The highest BCUT2D eigenvalue weighted by molar-refractivity contribution is 6.26. The number of hydrogen-bond acceptors (Lipinski definition) is 3. The van der Waals surface area contributed by atoms with Crippen LogP contribution in [0.3, 0.4) is 0 Å². The number of likely N-dealkylation sites (N-methyl/N-ethyl adjacent to an activating group) is 1. The van der Waals surface area contributed by atoms with Gasteiger partial charge in [0, 0.05) is 7.05 Å². The Morgan fingerprint density at radius 3 is 2.40 bits per heavy atom. The molecule has 0 unspecified atom stereocenters. The summed E-state index contributed by atoms with van der Waals surface area (Å²) in [5.74, 6) is -0.687. The second kappa shape index (κ2) is 4.04. The fourth-order valence-electron chi connectivity index (χ4n) is 1.93. The van der Waals surface area contributed by atoms with E-state index in [0.717, 1.165) is 6.42 Å². The van der Waals surface area contributed by atoms with E-state index in [4.69, 9.17) is 0 Å². The number of allylic oxidation sites excluding steroid dienone is 1. The third kappa shape index (κ3) is 1.76. The fraction of sp³-hybridized carbons (Fsp3) is 0.636. The molecule has 1 rings (SSSR count). The Labute approximate surface area is 89.6 Å². The number of nitrogens with zero attached hydrogens (tertiary/aromatic N) is 1. The van der Waals surface area contributed by atoms with Gasteiger partial charge in [0.1, 0.15) is 11.3 Å². The van der Waals surface area contributed by atoms with Gasteiger partial charge in [-0.25, -0.2) is 0 Å². The van der Waals surface area contributed by atoms with Crippen LogP contribution >= 0.6 is 0 Å². The maximum Gasteiger partial charge on any atom is 0.261 e. The van der Waals surface area contributed by atoms with Crippen molar-refractivity contribution in [1.82, 2.24) is 4.90 Å². The summed E-state index contributed by atoms with van der Waals surface area (Å²) < 4.78 is 0. The molecule has 0 aromatic rings. The zero-order valence-corrected chi connectivity index (χ0v) is 9.57. The van der Waals surface area contributed by atoms with E-state index in [2.05, 4.69) is 0 Å². The molecule has 84 valence electrons. The summed E-state index contributed by atoms with van der Waals surface area (Å²) in [7, 11) is 1.60. The Morgan fingerprint density at radius 2 is 2.07 bits per heavy atom. The van der Waals surface area contributed by atoms with E-state index in [1.165, 1.54) is 11.8 Å². The van der Waals surface area contributed by atoms with Crippen LogP contribution in [0.2, 0.25) is 0 Å². The molecular formula is C11H17NO3. The lowest BCUT2D eigenvalue weighted by atomic mass is 9.95. The SMILES string of the molecule is CC[C@H](C)[C@H]1C(=O)/C(=C(/C)O)C(=O)N1C. The number of Topliss-reactive ketones (excluding diaryl/α,β-unsaturated/α-hetero) is 1. The molecule has 4 nitrogen and oxygen atoms in total. The first kappa shape index (κ1) is 11.8. The molecule has 0 saturated carbocycles. The quantitative estimate of drug-likeness (QED) is 0.425. The molecule has 1 fully saturated rings. The molecule has 1 heterocycles. The van der Waals surface area contributed by atoms with Crippen LogP contribution in [-0.2, 0) is 9.59 Å². The first-order chi connectivity index (χ1) is 6.91. The van der Waals surface area contributed by atoms with Gasteiger partial charge in [0.05, 0.1) is 6.04 Å². The summed E-state index contributed by atoms with van der Waals surface area (Å²) in [6.45, 7) is 5.28. The van der Waals surface area contributed by atoms with E-state index in [-0.39, 0.29) is 28.9 Å². The monoisotopic (exact) mass is 211 g/mol. The van der Waals surface area contributed by atoms with E-state index in [0.29, 0.717) is 0 Å². The van der Waals surface area contributed by atoms with Gasteiger partial charge in [-0.05, 0) is 12.8 Å². The first-order valence-electron chi connectivity index (χ1n) is 5.13. The van der Waals surface area contributed by atoms with Gasteiger partial charge in [0.25, 0.3) is 5.91 Å². The largest absolute Gasteiger partial charge is 0.512 e. The number of ketones is 1. The summed E-state index contributed by atoms with van der Waals surface area (Å²) >= 11 is 0. The van der Waals surface area contributed by atoms with E-state index >= 15 is 0 Å². The van der Waals surface area contributed by atoms with E-state index in [1.54, 1.807) is 7.05 Å². The molecule has 1 aliphatic rings. The predicted molar refractivity (Wildman–Crippen MR) is 56.3 cm³/mol.